The normalized spacial score (nSPS) is 15.3. The van der Waals surface area contributed by atoms with E-state index in [-0.39, 0.29) is 0 Å². The molecule has 0 saturated heterocycles. The first-order valence-corrected chi connectivity index (χ1v) is 6.61. The molecule has 1 heterocycles. The zero-order valence-electron chi connectivity index (χ0n) is 10.9. The Morgan fingerprint density at radius 2 is 1.89 bits per heavy atom. The van der Waals surface area contributed by atoms with Gasteiger partial charge < -0.3 is 5.73 Å². The van der Waals surface area contributed by atoms with Crippen molar-refractivity contribution in [1.29, 1.82) is 0 Å². The minimum absolute atomic E-state index is 0.559. The molecular weight excluding hydrogens is 222 g/mol. The molecule has 0 atom stereocenters. The first-order valence-electron chi connectivity index (χ1n) is 6.61. The van der Waals surface area contributed by atoms with Crippen molar-refractivity contribution < 1.29 is 0 Å². The van der Waals surface area contributed by atoms with Gasteiger partial charge in [-0.15, -0.1) is 0 Å². The lowest BCUT2D eigenvalue weighted by molar-refractivity contribution is 0.867. The Bertz CT molecular complexity index is 548. The number of nitrogens with zero attached hydrogens (tertiary/aromatic N) is 1. The molecule has 3 rings (SSSR count). The van der Waals surface area contributed by atoms with E-state index in [0.29, 0.717) is 17.7 Å². The van der Waals surface area contributed by atoms with E-state index < -0.39 is 0 Å². The van der Waals surface area contributed by atoms with E-state index in [1.54, 1.807) is 0 Å². The fourth-order valence-corrected chi connectivity index (χ4v) is 2.38. The van der Waals surface area contributed by atoms with Crippen molar-refractivity contribution in [2.45, 2.75) is 38.5 Å². The summed E-state index contributed by atoms with van der Waals surface area (Å²) < 4.78 is 0. The second kappa shape index (κ2) is 4.16. The van der Waals surface area contributed by atoms with Crippen LogP contribution in [-0.4, -0.2) is 10.2 Å². The van der Waals surface area contributed by atoms with E-state index in [9.17, 15) is 0 Å². The number of nitrogens with two attached hydrogens (primary N) is 1. The van der Waals surface area contributed by atoms with Crippen molar-refractivity contribution in [2.24, 2.45) is 0 Å². The summed E-state index contributed by atoms with van der Waals surface area (Å²) >= 11 is 0. The first-order chi connectivity index (χ1) is 8.66. The monoisotopic (exact) mass is 241 g/mol. The highest BCUT2D eigenvalue weighted by Gasteiger charge is 2.29. The third-order valence-electron chi connectivity index (χ3n) is 3.67. The smallest absolute Gasteiger partial charge is 0.153 e. The maximum Gasteiger partial charge on any atom is 0.153 e. The highest BCUT2D eigenvalue weighted by molar-refractivity contribution is 5.77. The van der Waals surface area contributed by atoms with Crippen molar-refractivity contribution in [3.8, 4) is 11.1 Å². The number of rotatable bonds is 3. The maximum atomic E-state index is 5.99. The lowest BCUT2D eigenvalue weighted by Crippen LogP contribution is -1.91. The number of H-pyrrole nitrogens is 1. The lowest BCUT2D eigenvalue weighted by atomic mass is 9.98. The van der Waals surface area contributed by atoms with Gasteiger partial charge in [0.1, 0.15) is 0 Å². The topological polar surface area (TPSA) is 54.7 Å². The Hall–Kier alpha value is -1.77. The molecule has 0 unspecified atom stereocenters. The molecule has 0 spiro atoms. The molecule has 3 nitrogen and oxygen atoms in total. The summed E-state index contributed by atoms with van der Waals surface area (Å²) in [6.07, 6.45) is 2.50. The zero-order chi connectivity index (χ0) is 12.7. The molecule has 18 heavy (non-hydrogen) atoms. The lowest BCUT2D eigenvalue weighted by Gasteiger charge is -2.07. The van der Waals surface area contributed by atoms with Crippen LogP contribution in [0, 0.1) is 0 Å². The molecule has 1 saturated carbocycles. The van der Waals surface area contributed by atoms with Gasteiger partial charge in [-0.05, 0) is 29.9 Å². The molecule has 1 aliphatic rings. The van der Waals surface area contributed by atoms with Crippen LogP contribution in [0.2, 0.25) is 0 Å². The average Bonchev–Trinajstić information content (AvgIpc) is 3.13. The van der Waals surface area contributed by atoms with Crippen molar-refractivity contribution in [2.75, 3.05) is 5.73 Å². The van der Waals surface area contributed by atoms with Crippen LogP contribution in [0.25, 0.3) is 11.1 Å². The molecule has 1 aliphatic carbocycles. The number of benzene rings is 1. The zero-order valence-corrected chi connectivity index (χ0v) is 10.9. The van der Waals surface area contributed by atoms with E-state index in [1.165, 1.54) is 29.7 Å². The largest absolute Gasteiger partial charge is 0.382 e. The Morgan fingerprint density at radius 1 is 1.22 bits per heavy atom. The van der Waals surface area contributed by atoms with Crippen LogP contribution in [0.4, 0.5) is 5.82 Å². The fraction of sp³-hybridized carbons (Fsp3) is 0.400. The summed E-state index contributed by atoms with van der Waals surface area (Å²) in [5.41, 5.74) is 10.8. The number of nitrogen functional groups attached to an aromatic ring is 1. The molecule has 3 N–H and O–H groups in total. The molecule has 94 valence electrons. The Kier molecular flexibility index (Phi) is 2.62. The Labute approximate surface area is 107 Å². The van der Waals surface area contributed by atoms with E-state index in [4.69, 9.17) is 5.73 Å². The van der Waals surface area contributed by atoms with Crippen LogP contribution >= 0.6 is 0 Å². The molecule has 0 amide bonds. The third-order valence-corrected chi connectivity index (χ3v) is 3.67. The van der Waals surface area contributed by atoms with Gasteiger partial charge in [-0.1, -0.05) is 38.1 Å². The van der Waals surface area contributed by atoms with Crippen molar-refractivity contribution in [3.05, 3.63) is 35.5 Å². The number of hydrogen-bond acceptors (Lipinski definition) is 2. The molecular formula is C15H19N3. The van der Waals surface area contributed by atoms with Gasteiger partial charge in [-0.25, -0.2) is 0 Å². The van der Waals surface area contributed by atoms with E-state index in [1.807, 2.05) is 0 Å². The Morgan fingerprint density at radius 3 is 2.44 bits per heavy atom. The number of aromatic nitrogens is 2. The van der Waals surface area contributed by atoms with Crippen molar-refractivity contribution in [3.63, 3.8) is 0 Å². The van der Waals surface area contributed by atoms with Gasteiger partial charge in [0.15, 0.2) is 5.82 Å². The first kappa shape index (κ1) is 11.3. The summed E-state index contributed by atoms with van der Waals surface area (Å²) in [6.45, 7) is 4.41. The van der Waals surface area contributed by atoms with Crippen LogP contribution in [0.5, 0.6) is 0 Å². The van der Waals surface area contributed by atoms with Gasteiger partial charge in [-0.3, -0.25) is 5.10 Å². The minimum atomic E-state index is 0.559. The number of aromatic amines is 1. The summed E-state index contributed by atoms with van der Waals surface area (Å²) in [7, 11) is 0. The van der Waals surface area contributed by atoms with E-state index in [0.717, 1.165) is 5.56 Å². The fourth-order valence-electron chi connectivity index (χ4n) is 2.38. The molecule has 1 fully saturated rings. The molecule has 3 heteroatoms. The molecule has 2 aromatic rings. The summed E-state index contributed by atoms with van der Waals surface area (Å²) in [5.74, 6) is 1.81. The van der Waals surface area contributed by atoms with Gasteiger partial charge >= 0.3 is 0 Å². The molecule has 1 aromatic carbocycles. The quantitative estimate of drug-likeness (QED) is 0.861. The summed E-state index contributed by atoms with van der Waals surface area (Å²) in [4.78, 5) is 0. The number of nitrogens with one attached hydrogen (secondary N) is 1. The average molecular weight is 241 g/mol. The molecule has 0 bridgehead atoms. The van der Waals surface area contributed by atoms with E-state index >= 15 is 0 Å². The standard InChI is InChI=1S/C15H19N3/c1-9(2)10-3-5-11(6-4-10)13-14(12-7-8-12)17-18-15(13)16/h3-6,9,12H,7-8H2,1-2H3,(H3,16,17,18). The summed E-state index contributed by atoms with van der Waals surface area (Å²) in [6, 6.07) is 8.68. The highest BCUT2D eigenvalue weighted by atomic mass is 15.2. The van der Waals surface area contributed by atoms with Crippen molar-refractivity contribution in [1.82, 2.24) is 10.2 Å². The van der Waals surface area contributed by atoms with Gasteiger partial charge in [-0.2, -0.15) is 5.10 Å². The predicted octanol–water partition coefficient (Wildman–Crippen LogP) is 3.66. The highest BCUT2D eigenvalue weighted by Crippen LogP contribution is 2.45. The number of anilines is 1. The predicted molar refractivity (Wildman–Crippen MR) is 74.5 cm³/mol. The van der Waals surface area contributed by atoms with Gasteiger partial charge in [0.25, 0.3) is 0 Å². The third kappa shape index (κ3) is 1.90. The van der Waals surface area contributed by atoms with Crippen LogP contribution in [-0.2, 0) is 0 Å². The van der Waals surface area contributed by atoms with Gasteiger partial charge in [0, 0.05) is 17.2 Å². The number of hydrogen-bond donors (Lipinski definition) is 2. The van der Waals surface area contributed by atoms with Crippen molar-refractivity contribution >= 4 is 5.82 Å². The Balaban J connectivity index is 2.01. The van der Waals surface area contributed by atoms with Crippen LogP contribution < -0.4 is 5.73 Å². The second-order valence-electron chi connectivity index (χ2n) is 5.45. The molecule has 0 radical (unpaired) electrons. The van der Waals surface area contributed by atoms with Crippen LogP contribution in [0.1, 0.15) is 49.8 Å². The molecule has 0 aliphatic heterocycles. The molecule has 1 aromatic heterocycles. The van der Waals surface area contributed by atoms with Crippen LogP contribution in [0.15, 0.2) is 24.3 Å². The van der Waals surface area contributed by atoms with Gasteiger partial charge in [0.05, 0.1) is 0 Å². The van der Waals surface area contributed by atoms with E-state index in [2.05, 4.69) is 48.3 Å². The van der Waals surface area contributed by atoms with Crippen LogP contribution in [0.3, 0.4) is 0 Å². The maximum absolute atomic E-state index is 5.99. The van der Waals surface area contributed by atoms with Gasteiger partial charge in [0.2, 0.25) is 0 Å². The second-order valence-corrected chi connectivity index (χ2v) is 5.45. The SMILES string of the molecule is CC(C)c1ccc(-c2c(N)n[nH]c2C2CC2)cc1. The minimum Gasteiger partial charge on any atom is -0.382 e. The summed E-state index contributed by atoms with van der Waals surface area (Å²) in [5, 5.41) is 7.26.